The highest BCUT2D eigenvalue weighted by atomic mass is 19.4. The van der Waals surface area contributed by atoms with Crippen molar-refractivity contribution in [1.82, 2.24) is 5.32 Å². The van der Waals surface area contributed by atoms with Crippen molar-refractivity contribution in [1.29, 1.82) is 0 Å². The molecule has 0 aromatic heterocycles. The predicted octanol–water partition coefficient (Wildman–Crippen LogP) is 4.63. The van der Waals surface area contributed by atoms with E-state index >= 15 is 0 Å². The summed E-state index contributed by atoms with van der Waals surface area (Å²) in [4.78, 5) is 12.1. The fourth-order valence-electron chi connectivity index (χ4n) is 2.64. The molecule has 0 aliphatic carbocycles. The standard InChI is InChI=1S/C19H21F3N2O/c1-13(2)18(14-8-4-3-5-9-14)23-12-17(25)24-16-11-7-6-10-15(16)19(20,21)22/h3-11,13,18,23H,12H2,1-2H3,(H,24,25). The lowest BCUT2D eigenvalue weighted by Gasteiger charge is -2.23. The maximum absolute atomic E-state index is 13.0. The van der Waals surface area contributed by atoms with Gasteiger partial charge in [-0.2, -0.15) is 13.2 Å². The first-order chi connectivity index (χ1) is 11.8. The van der Waals surface area contributed by atoms with Crippen molar-refractivity contribution in [3.05, 3.63) is 65.7 Å². The number of hydrogen-bond donors (Lipinski definition) is 2. The maximum Gasteiger partial charge on any atom is 0.418 e. The molecule has 0 aliphatic rings. The van der Waals surface area contributed by atoms with E-state index in [0.717, 1.165) is 11.6 Å². The molecular formula is C19H21F3N2O. The van der Waals surface area contributed by atoms with Crippen LogP contribution in [0.25, 0.3) is 0 Å². The first-order valence-electron chi connectivity index (χ1n) is 8.03. The molecule has 1 amide bonds. The van der Waals surface area contributed by atoms with Crippen molar-refractivity contribution < 1.29 is 18.0 Å². The third-order valence-electron chi connectivity index (χ3n) is 3.81. The van der Waals surface area contributed by atoms with Crippen LogP contribution in [0.5, 0.6) is 0 Å². The number of benzene rings is 2. The summed E-state index contributed by atoms with van der Waals surface area (Å²) in [6.45, 7) is 3.95. The van der Waals surface area contributed by atoms with Crippen LogP contribution in [0.15, 0.2) is 54.6 Å². The highest BCUT2D eigenvalue weighted by Crippen LogP contribution is 2.34. The Labute approximate surface area is 145 Å². The second kappa shape index (κ2) is 8.16. The molecule has 0 saturated carbocycles. The van der Waals surface area contributed by atoms with Crippen molar-refractivity contribution >= 4 is 11.6 Å². The van der Waals surface area contributed by atoms with Gasteiger partial charge in [0, 0.05) is 6.04 Å². The summed E-state index contributed by atoms with van der Waals surface area (Å²) in [5, 5.41) is 5.46. The lowest BCUT2D eigenvalue weighted by Crippen LogP contribution is -2.34. The van der Waals surface area contributed by atoms with E-state index in [4.69, 9.17) is 0 Å². The number of carbonyl (C=O) groups excluding carboxylic acids is 1. The number of rotatable bonds is 6. The van der Waals surface area contributed by atoms with Gasteiger partial charge in [-0.15, -0.1) is 0 Å². The van der Waals surface area contributed by atoms with Crippen molar-refractivity contribution in [3.63, 3.8) is 0 Å². The van der Waals surface area contributed by atoms with Gasteiger partial charge < -0.3 is 10.6 Å². The summed E-state index contributed by atoms with van der Waals surface area (Å²) in [5.41, 5.74) is -0.0598. The second-order valence-electron chi connectivity index (χ2n) is 6.10. The van der Waals surface area contributed by atoms with Gasteiger partial charge in [0.15, 0.2) is 0 Å². The fourth-order valence-corrected chi connectivity index (χ4v) is 2.64. The first kappa shape index (κ1) is 19.0. The maximum atomic E-state index is 13.0. The molecule has 2 rings (SSSR count). The van der Waals surface area contributed by atoms with Crippen LogP contribution in [0.1, 0.15) is 31.0 Å². The van der Waals surface area contributed by atoms with Gasteiger partial charge >= 0.3 is 6.18 Å². The minimum atomic E-state index is -4.51. The van der Waals surface area contributed by atoms with Gasteiger partial charge in [-0.25, -0.2) is 0 Å². The predicted molar refractivity (Wildman–Crippen MR) is 92.1 cm³/mol. The Bertz CT molecular complexity index is 699. The molecule has 1 unspecified atom stereocenters. The van der Waals surface area contributed by atoms with Crippen LogP contribution in [0, 0.1) is 5.92 Å². The second-order valence-corrected chi connectivity index (χ2v) is 6.10. The van der Waals surface area contributed by atoms with Gasteiger partial charge in [0.2, 0.25) is 5.91 Å². The van der Waals surface area contributed by atoms with Gasteiger partial charge in [-0.3, -0.25) is 4.79 Å². The van der Waals surface area contributed by atoms with E-state index in [9.17, 15) is 18.0 Å². The Balaban J connectivity index is 2.03. The molecule has 2 aromatic rings. The molecule has 6 heteroatoms. The van der Waals surface area contributed by atoms with E-state index in [-0.39, 0.29) is 24.2 Å². The van der Waals surface area contributed by atoms with E-state index in [0.29, 0.717) is 0 Å². The van der Waals surface area contributed by atoms with Gasteiger partial charge in [0.25, 0.3) is 0 Å². The van der Waals surface area contributed by atoms with E-state index in [1.807, 2.05) is 44.2 Å². The van der Waals surface area contributed by atoms with E-state index in [1.165, 1.54) is 18.2 Å². The van der Waals surface area contributed by atoms with Crippen LogP contribution in [0.2, 0.25) is 0 Å². The summed E-state index contributed by atoms with van der Waals surface area (Å²) in [6.07, 6.45) is -4.51. The minimum absolute atomic E-state index is 0.0650. The number of halogens is 3. The quantitative estimate of drug-likeness (QED) is 0.797. The average Bonchev–Trinajstić information content (AvgIpc) is 2.55. The average molecular weight is 350 g/mol. The molecule has 0 radical (unpaired) electrons. The molecular weight excluding hydrogens is 329 g/mol. The van der Waals surface area contributed by atoms with Crippen LogP contribution >= 0.6 is 0 Å². The highest BCUT2D eigenvalue weighted by molar-refractivity contribution is 5.93. The molecule has 1 atom stereocenters. The van der Waals surface area contributed by atoms with Crippen molar-refractivity contribution in [2.75, 3.05) is 11.9 Å². The topological polar surface area (TPSA) is 41.1 Å². The number of hydrogen-bond acceptors (Lipinski definition) is 2. The Kier molecular flexibility index (Phi) is 6.20. The lowest BCUT2D eigenvalue weighted by atomic mass is 9.96. The molecule has 0 bridgehead atoms. The van der Waals surface area contributed by atoms with Crippen LogP contribution in [0.3, 0.4) is 0 Å². The molecule has 0 spiro atoms. The number of nitrogens with one attached hydrogen (secondary N) is 2. The summed E-state index contributed by atoms with van der Waals surface area (Å²) in [7, 11) is 0. The Morgan fingerprint density at radius 1 is 1.00 bits per heavy atom. The summed E-state index contributed by atoms with van der Waals surface area (Å²) in [5.74, 6) is -0.295. The van der Waals surface area contributed by atoms with Crippen LogP contribution < -0.4 is 10.6 Å². The zero-order chi connectivity index (χ0) is 18.4. The Morgan fingerprint density at radius 2 is 1.60 bits per heavy atom. The molecule has 0 heterocycles. The summed E-state index contributed by atoms with van der Waals surface area (Å²) >= 11 is 0. The smallest absolute Gasteiger partial charge is 0.324 e. The summed E-state index contributed by atoms with van der Waals surface area (Å²) in [6, 6.07) is 14.5. The van der Waals surface area contributed by atoms with Gasteiger partial charge in [0.1, 0.15) is 0 Å². The first-order valence-corrected chi connectivity index (χ1v) is 8.03. The van der Waals surface area contributed by atoms with Gasteiger partial charge in [-0.1, -0.05) is 56.3 Å². The van der Waals surface area contributed by atoms with Crippen molar-refractivity contribution in [2.45, 2.75) is 26.1 Å². The third kappa shape index (κ3) is 5.32. The molecule has 2 aromatic carbocycles. The molecule has 0 aliphatic heterocycles. The number of alkyl halides is 3. The van der Waals surface area contributed by atoms with Gasteiger partial charge in [0.05, 0.1) is 17.8 Å². The highest BCUT2D eigenvalue weighted by Gasteiger charge is 2.33. The van der Waals surface area contributed by atoms with Crippen LogP contribution in [-0.2, 0) is 11.0 Å². The van der Waals surface area contributed by atoms with Crippen molar-refractivity contribution in [3.8, 4) is 0 Å². The van der Waals surface area contributed by atoms with E-state index in [1.54, 1.807) is 0 Å². The SMILES string of the molecule is CC(C)C(NCC(=O)Nc1ccccc1C(F)(F)F)c1ccccc1. The number of amides is 1. The molecule has 2 N–H and O–H groups in total. The number of carbonyl (C=O) groups is 1. The zero-order valence-corrected chi connectivity index (χ0v) is 14.1. The fraction of sp³-hybridized carbons (Fsp3) is 0.316. The van der Waals surface area contributed by atoms with Gasteiger partial charge in [-0.05, 0) is 23.6 Å². The largest absolute Gasteiger partial charge is 0.418 e. The lowest BCUT2D eigenvalue weighted by molar-refractivity contribution is -0.137. The third-order valence-corrected chi connectivity index (χ3v) is 3.81. The van der Waals surface area contributed by atoms with E-state index < -0.39 is 17.6 Å². The van der Waals surface area contributed by atoms with Crippen molar-refractivity contribution in [2.24, 2.45) is 5.92 Å². The molecule has 3 nitrogen and oxygen atoms in total. The number of para-hydroxylation sites is 1. The minimum Gasteiger partial charge on any atom is -0.324 e. The number of anilines is 1. The molecule has 0 saturated heterocycles. The molecule has 134 valence electrons. The molecule has 25 heavy (non-hydrogen) atoms. The Morgan fingerprint density at radius 3 is 2.20 bits per heavy atom. The monoisotopic (exact) mass is 350 g/mol. The normalized spacial score (nSPS) is 12.9. The van der Waals surface area contributed by atoms with Crippen LogP contribution in [0.4, 0.5) is 18.9 Å². The zero-order valence-electron chi connectivity index (χ0n) is 14.1. The summed E-state index contributed by atoms with van der Waals surface area (Å²) < 4.78 is 38.9. The van der Waals surface area contributed by atoms with E-state index in [2.05, 4.69) is 10.6 Å². The Hall–Kier alpha value is -2.34. The van der Waals surface area contributed by atoms with Crippen LogP contribution in [-0.4, -0.2) is 12.5 Å². The molecule has 0 fully saturated rings.